The summed E-state index contributed by atoms with van der Waals surface area (Å²) in [6, 6.07) is -0.835. The summed E-state index contributed by atoms with van der Waals surface area (Å²) in [7, 11) is 0. The first-order valence-corrected chi connectivity index (χ1v) is 2.86. The molecule has 1 heterocycles. The SMILES string of the molecule is N[C@H]1C[C@H](CF)NC1=O. The lowest BCUT2D eigenvalue weighted by Gasteiger charge is -1.99. The average molecular weight is 132 g/mol. The molecule has 2 atom stereocenters. The number of nitrogens with one attached hydrogen (secondary N) is 1. The average Bonchev–Trinajstić information content (AvgIpc) is 2.13. The quantitative estimate of drug-likeness (QED) is 0.489. The summed E-state index contributed by atoms with van der Waals surface area (Å²) in [5.74, 6) is -0.238. The second kappa shape index (κ2) is 2.31. The van der Waals surface area contributed by atoms with Crippen molar-refractivity contribution in [1.82, 2.24) is 5.32 Å². The minimum atomic E-state index is -0.514. The van der Waals surface area contributed by atoms with E-state index in [4.69, 9.17) is 5.73 Å². The highest BCUT2D eigenvalue weighted by molar-refractivity contribution is 5.84. The third-order valence-electron chi connectivity index (χ3n) is 1.41. The zero-order chi connectivity index (χ0) is 6.85. The van der Waals surface area contributed by atoms with E-state index in [1.165, 1.54) is 0 Å². The van der Waals surface area contributed by atoms with Gasteiger partial charge in [0.25, 0.3) is 0 Å². The molecule has 3 N–H and O–H groups in total. The molecule has 0 aromatic heterocycles. The van der Waals surface area contributed by atoms with E-state index in [9.17, 15) is 9.18 Å². The molecule has 0 aromatic rings. The predicted octanol–water partition coefficient (Wildman–Crippen LogP) is -0.828. The molecule has 0 radical (unpaired) electrons. The molecule has 1 fully saturated rings. The van der Waals surface area contributed by atoms with Gasteiger partial charge in [-0.1, -0.05) is 0 Å². The fourth-order valence-electron chi connectivity index (χ4n) is 0.882. The van der Waals surface area contributed by atoms with Gasteiger partial charge in [-0.3, -0.25) is 4.79 Å². The number of carbonyl (C=O) groups excluding carboxylic acids is 1. The van der Waals surface area contributed by atoms with Crippen LogP contribution in [-0.2, 0) is 4.79 Å². The van der Waals surface area contributed by atoms with Gasteiger partial charge in [-0.05, 0) is 6.42 Å². The fourth-order valence-corrected chi connectivity index (χ4v) is 0.882. The normalized spacial score (nSPS) is 34.7. The van der Waals surface area contributed by atoms with Crippen molar-refractivity contribution in [2.45, 2.75) is 18.5 Å². The van der Waals surface area contributed by atoms with Gasteiger partial charge in [0.05, 0.1) is 12.1 Å². The molecule has 0 unspecified atom stereocenters. The molecule has 0 spiro atoms. The van der Waals surface area contributed by atoms with E-state index in [1.54, 1.807) is 0 Å². The summed E-state index contributed by atoms with van der Waals surface area (Å²) in [6.07, 6.45) is 0.426. The van der Waals surface area contributed by atoms with Crippen molar-refractivity contribution in [2.75, 3.05) is 6.67 Å². The van der Waals surface area contributed by atoms with E-state index < -0.39 is 12.7 Å². The van der Waals surface area contributed by atoms with Gasteiger partial charge >= 0.3 is 0 Å². The summed E-state index contributed by atoms with van der Waals surface area (Å²) in [4.78, 5) is 10.5. The zero-order valence-electron chi connectivity index (χ0n) is 4.93. The van der Waals surface area contributed by atoms with Crippen molar-refractivity contribution in [1.29, 1.82) is 0 Å². The molecule has 1 saturated heterocycles. The molecule has 1 rings (SSSR count). The van der Waals surface area contributed by atoms with E-state index in [-0.39, 0.29) is 11.9 Å². The molecule has 52 valence electrons. The van der Waals surface area contributed by atoms with Crippen LogP contribution < -0.4 is 11.1 Å². The Balaban J connectivity index is 2.44. The largest absolute Gasteiger partial charge is 0.349 e. The van der Waals surface area contributed by atoms with Gasteiger partial charge in [0.1, 0.15) is 6.67 Å². The first-order valence-electron chi connectivity index (χ1n) is 2.86. The van der Waals surface area contributed by atoms with Crippen molar-refractivity contribution in [2.24, 2.45) is 5.73 Å². The van der Waals surface area contributed by atoms with Gasteiger partial charge in [0.2, 0.25) is 5.91 Å². The number of alkyl halides is 1. The van der Waals surface area contributed by atoms with Gasteiger partial charge in [-0.25, -0.2) is 4.39 Å². The van der Waals surface area contributed by atoms with Gasteiger partial charge in [-0.2, -0.15) is 0 Å². The standard InChI is InChI=1S/C5H9FN2O/c6-2-3-1-4(7)5(9)8-3/h3-4H,1-2,7H2,(H,8,9)/t3-,4+/m1/s1. The third kappa shape index (κ3) is 1.18. The van der Waals surface area contributed by atoms with Crippen LogP contribution in [0, 0.1) is 0 Å². The van der Waals surface area contributed by atoms with Gasteiger partial charge < -0.3 is 11.1 Å². The fraction of sp³-hybridized carbons (Fsp3) is 0.800. The molecule has 0 aromatic carbocycles. The van der Waals surface area contributed by atoms with Crippen molar-refractivity contribution in [3.63, 3.8) is 0 Å². The molecular formula is C5H9FN2O. The predicted molar refractivity (Wildman–Crippen MR) is 30.5 cm³/mol. The Labute approximate surface area is 52.4 Å². The lowest BCUT2D eigenvalue weighted by atomic mass is 10.2. The molecule has 9 heavy (non-hydrogen) atoms. The molecular weight excluding hydrogens is 123 g/mol. The van der Waals surface area contributed by atoms with E-state index >= 15 is 0 Å². The van der Waals surface area contributed by atoms with E-state index in [0.29, 0.717) is 6.42 Å². The summed E-state index contributed by atoms with van der Waals surface area (Å²) in [6.45, 7) is -0.514. The van der Waals surface area contributed by atoms with Crippen LogP contribution in [0.4, 0.5) is 4.39 Å². The zero-order valence-corrected chi connectivity index (χ0v) is 4.93. The van der Waals surface area contributed by atoms with Gasteiger partial charge in [0, 0.05) is 0 Å². The minimum absolute atomic E-state index is 0.238. The second-order valence-corrected chi connectivity index (χ2v) is 2.20. The Morgan fingerprint density at radius 1 is 1.89 bits per heavy atom. The van der Waals surface area contributed by atoms with E-state index in [2.05, 4.69) is 5.32 Å². The Morgan fingerprint density at radius 3 is 2.78 bits per heavy atom. The smallest absolute Gasteiger partial charge is 0.237 e. The number of hydrogen-bond acceptors (Lipinski definition) is 2. The number of rotatable bonds is 1. The van der Waals surface area contributed by atoms with Crippen LogP contribution in [0.15, 0.2) is 0 Å². The third-order valence-corrected chi connectivity index (χ3v) is 1.41. The molecule has 3 nitrogen and oxygen atoms in total. The maximum atomic E-state index is 11.8. The lowest BCUT2D eigenvalue weighted by molar-refractivity contribution is -0.120. The maximum absolute atomic E-state index is 11.8. The van der Waals surface area contributed by atoms with E-state index in [1.807, 2.05) is 0 Å². The van der Waals surface area contributed by atoms with Crippen LogP contribution in [0.3, 0.4) is 0 Å². The van der Waals surface area contributed by atoms with Crippen LogP contribution in [-0.4, -0.2) is 24.7 Å². The first-order chi connectivity index (χ1) is 4.24. The molecule has 0 bridgehead atoms. The lowest BCUT2D eigenvalue weighted by Crippen LogP contribution is -2.31. The Morgan fingerprint density at radius 2 is 2.56 bits per heavy atom. The summed E-state index contributed by atoms with van der Waals surface area (Å²) >= 11 is 0. The highest BCUT2D eigenvalue weighted by Crippen LogP contribution is 2.05. The molecule has 0 saturated carbocycles. The summed E-state index contributed by atoms with van der Waals surface area (Å²) < 4.78 is 11.8. The van der Waals surface area contributed by atoms with Gasteiger partial charge in [-0.15, -0.1) is 0 Å². The van der Waals surface area contributed by atoms with Crippen molar-refractivity contribution < 1.29 is 9.18 Å². The Bertz CT molecular complexity index is 128. The van der Waals surface area contributed by atoms with Crippen molar-refractivity contribution >= 4 is 5.91 Å². The number of hydrogen-bond donors (Lipinski definition) is 2. The first kappa shape index (κ1) is 6.48. The molecule has 1 aliphatic rings. The number of halogens is 1. The summed E-state index contributed by atoms with van der Waals surface area (Å²) in [5, 5.41) is 2.41. The van der Waals surface area contributed by atoms with Crippen LogP contribution in [0.5, 0.6) is 0 Å². The number of carbonyl (C=O) groups is 1. The Hall–Kier alpha value is -0.640. The molecule has 4 heteroatoms. The highest BCUT2D eigenvalue weighted by atomic mass is 19.1. The molecule has 1 amide bonds. The van der Waals surface area contributed by atoms with Crippen LogP contribution in [0.25, 0.3) is 0 Å². The maximum Gasteiger partial charge on any atom is 0.237 e. The van der Waals surface area contributed by atoms with Crippen LogP contribution in [0.1, 0.15) is 6.42 Å². The topological polar surface area (TPSA) is 55.1 Å². The monoisotopic (exact) mass is 132 g/mol. The highest BCUT2D eigenvalue weighted by Gasteiger charge is 2.28. The number of amides is 1. The minimum Gasteiger partial charge on any atom is -0.349 e. The van der Waals surface area contributed by atoms with Crippen LogP contribution >= 0.6 is 0 Å². The van der Waals surface area contributed by atoms with Crippen molar-refractivity contribution in [3.8, 4) is 0 Å². The van der Waals surface area contributed by atoms with Crippen molar-refractivity contribution in [3.05, 3.63) is 0 Å². The molecule has 0 aliphatic carbocycles. The molecule has 1 aliphatic heterocycles. The number of nitrogens with two attached hydrogens (primary N) is 1. The van der Waals surface area contributed by atoms with E-state index in [0.717, 1.165) is 0 Å². The van der Waals surface area contributed by atoms with Crippen LogP contribution in [0.2, 0.25) is 0 Å². The van der Waals surface area contributed by atoms with Gasteiger partial charge in [0.15, 0.2) is 0 Å². The Kier molecular flexibility index (Phi) is 1.66. The summed E-state index contributed by atoms with van der Waals surface area (Å²) in [5.41, 5.74) is 5.27. The second-order valence-electron chi connectivity index (χ2n) is 2.20.